The van der Waals surface area contributed by atoms with Crippen LogP contribution in [0.3, 0.4) is 0 Å². The van der Waals surface area contributed by atoms with Crippen LogP contribution in [0.4, 0.5) is 8.78 Å². The first kappa shape index (κ1) is 47.5. The quantitative estimate of drug-likeness (QED) is 0.103. The number of β-amino-alcohol motifs (C(OH)–C–C–N with tert-alkyl or cyclic N) is 2. The molecule has 2 aromatic carbocycles. The molecule has 0 bridgehead atoms. The van der Waals surface area contributed by atoms with E-state index >= 15 is 0 Å². The Kier molecular flexibility index (Phi) is 14.7. The molecule has 66 heavy (non-hydrogen) atoms. The van der Waals surface area contributed by atoms with Crippen molar-refractivity contribution in [1.29, 1.82) is 0 Å². The van der Waals surface area contributed by atoms with Gasteiger partial charge in [-0.25, -0.2) is 18.7 Å². The first-order valence-electron chi connectivity index (χ1n) is 24.0. The van der Waals surface area contributed by atoms with E-state index < -0.39 is 60.1 Å². The minimum Gasteiger partial charge on any atom is -0.391 e. The van der Waals surface area contributed by atoms with E-state index in [-0.39, 0.29) is 74.5 Å². The highest BCUT2D eigenvalue weighted by Gasteiger charge is 2.44. The van der Waals surface area contributed by atoms with E-state index in [4.69, 9.17) is 9.97 Å². The summed E-state index contributed by atoms with van der Waals surface area (Å²) in [6, 6.07) is 4.73. The molecule has 4 amide bonds. The third kappa shape index (κ3) is 9.97. The summed E-state index contributed by atoms with van der Waals surface area (Å²) in [5.74, 6) is -1.69. The fourth-order valence-corrected chi connectivity index (χ4v) is 10.9. The Morgan fingerprint density at radius 3 is 1.38 bits per heavy atom. The third-order valence-electron chi connectivity index (χ3n) is 14.8. The number of aliphatic hydroxyl groups excluding tert-OH is 2. The molecular formula is C48H66F2N10O6. The van der Waals surface area contributed by atoms with Crippen LogP contribution in [0.25, 0.3) is 33.7 Å². The summed E-state index contributed by atoms with van der Waals surface area (Å²) in [5.41, 5.74) is 1.71. The number of hydrogen-bond donors (Lipinski definition) is 6. The van der Waals surface area contributed by atoms with E-state index in [0.29, 0.717) is 33.7 Å². The zero-order chi connectivity index (χ0) is 46.8. The van der Waals surface area contributed by atoms with Gasteiger partial charge in [0, 0.05) is 38.3 Å². The number of aliphatic hydroxyl groups is 2. The molecule has 2 aliphatic carbocycles. The largest absolute Gasteiger partial charge is 0.391 e. The number of nitrogens with one attached hydrogen (secondary N) is 4. The number of carbonyl (C=O) groups is 4. The second kappa shape index (κ2) is 20.4. The fraction of sp³-hybridized carbons (Fsp3) is 0.625. The highest BCUT2D eigenvalue weighted by Crippen LogP contribution is 2.35. The summed E-state index contributed by atoms with van der Waals surface area (Å²) in [6.45, 7) is 3.83. The minimum absolute atomic E-state index is 0.0581. The standard InChI is InChI=1S/C48H66F2N10O6/c1-27(51-3)45(63)55-41(29-11-7-5-8-12-29)47(65)57-25-35(61)21-33(57)23-59-39-17-15-31(49)19-37(39)53-43(59)44-54-38-20-32(50)16-18-40(38)60(44)24-34-22-36(62)26-58(34)48(66)42(30-13-9-6-10-14-30)56-46(64)28(2)52-4/h15-20,27-30,33-36,41-42,51-52,61-62H,5-14,21-26H2,1-4H3,(H,55,63)(H,56,64)/t27-,28-,33+,34+,35?,36?,41-,42-/m1/s1. The third-order valence-corrected chi connectivity index (χ3v) is 14.8. The summed E-state index contributed by atoms with van der Waals surface area (Å²) in [5, 5.41) is 34.4. The minimum atomic E-state index is -0.845. The normalized spacial score (nSPS) is 23.9. The number of amides is 4. The van der Waals surface area contributed by atoms with Gasteiger partial charge >= 0.3 is 0 Å². The van der Waals surface area contributed by atoms with Gasteiger partial charge in [0.25, 0.3) is 0 Å². The van der Waals surface area contributed by atoms with Gasteiger partial charge in [-0.05, 0) is 103 Å². The van der Waals surface area contributed by atoms with Crippen molar-refractivity contribution in [2.75, 3.05) is 27.2 Å². The number of fused-ring (bicyclic) bond motifs is 2. The maximum Gasteiger partial charge on any atom is 0.245 e. The van der Waals surface area contributed by atoms with E-state index in [9.17, 15) is 38.2 Å². The van der Waals surface area contributed by atoms with Crippen molar-refractivity contribution in [3.8, 4) is 11.6 Å². The molecular weight excluding hydrogens is 851 g/mol. The van der Waals surface area contributed by atoms with Crippen molar-refractivity contribution in [3.63, 3.8) is 0 Å². The number of nitrogens with zero attached hydrogens (tertiary/aromatic N) is 6. The monoisotopic (exact) mass is 917 g/mol. The van der Waals surface area contributed by atoms with Gasteiger partial charge in [-0.1, -0.05) is 38.5 Å². The Morgan fingerprint density at radius 2 is 1.02 bits per heavy atom. The number of rotatable bonds is 15. The zero-order valence-corrected chi connectivity index (χ0v) is 38.5. The maximum atomic E-state index is 15.0. The van der Waals surface area contributed by atoms with Crippen LogP contribution in [0.15, 0.2) is 36.4 Å². The van der Waals surface area contributed by atoms with E-state index in [1.54, 1.807) is 49.9 Å². The number of carbonyl (C=O) groups excluding carboxylic acids is 4. The number of benzene rings is 2. The number of halogens is 2. The molecule has 4 heterocycles. The van der Waals surface area contributed by atoms with Gasteiger partial charge in [-0.2, -0.15) is 0 Å². The van der Waals surface area contributed by atoms with Crippen molar-refractivity contribution in [3.05, 3.63) is 48.0 Å². The molecule has 4 aliphatic rings. The summed E-state index contributed by atoms with van der Waals surface area (Å²) in [6.07, 6.45) is 7.83. The molecule has 4 fully saturated rings. The summed E-state index contributed by atoms with van der Waals surface area (Å²) < 4.78 is 33.7. The molecule has 8 atom stereocenters. The smallest absolute Gasteiger partial charge is 0.245 e. The van der Waals surface area contributed by atoms with Gasteiger partial charge in [0.1, 0.15) is 23.7 Å². The number of hydrogen-bond acceptors (Lipinski definition) is 10. The molecule has 0 spiro atoms. The predicted octanol–water partition coefficient (Wildman–Crippen LogP) is 3.60. The molecule has 16 nitrogen and oxygen atoms in total. The molecule has 358 valence electrons. The maximum absolute atomic E-state index is 15.0. The highest BCUT2D eigenvalue weighted by molar-refractivity contribution is 5.91. The van der Waals surface area contributed by atoms with Gasteiger partial charge < -0.3 is 50.4 Å². The van der Waals surface area contributed by atoms with E-state index in [1.165, 1.54) is 24.3 Å². The van der Waals surface area contributed by atoms with Gasteiger partial charge in [0.2, 0.25) is 23.6 Å². The first-order valence-corrected chi connectivity index (χ1v) is 24.0. The van der Waals surface area contributed by atoms with Crippen molar-refractivity contribution in [1.82, 2.24) is 50.2 Å². The van der Waals surface area contributed by atoms with Crippen molar-refractivity contribution >= 4 is 45.7 Å². The second-order valence-electron chi connectivity index (χ2n) is 19.2. The van der Waals surface area contributed by atoms with Crippen molar-refractivity contribution in [2.24, 2.45) is 11.8 Å². The molecule has 2 saturated heterocycles. The Morgan fingerprint density at radius 1 is 0.636 bits per heavy atom. The van der Waals surface area contributed by atoms with Crippen LogP contribution in [0.2, 0.25) is 0 Å². The summed E-state index contributed by atoms with van der Waals surface area (Å²) in [4.78, 5) is 69.4. The Bertz CT molecular complexity index is 2230. The van der Waals surface area contributed by atoms with E-state index in [2.05, 4.69) is 21.3 Å². The van der Waals surface area contributed by atoms with Crippen LogP contribution in [0.5, 0.6) is 0 Å². The lowest BCUT2D eigenvalue weighted by Gasteiger charge is -2.35. The molecule has 0 radical (unpaired) electrons. The SMILES string of the molecule is CN[C@H](C)C(=O)N[C@@H](C(=O)N1CC(O)C[C@H]1Cn1c(-c2nc3cc(F)ccc3n2C[C@@H]2CC(O)CN2C(=O)[C@H](NC(=O)[C@@H](C)NC)C2CCCCC2)nc2cc(F)ccc21)C1CCCCC1. The fourth-order valence-electron chi connectivity index (χ4n) is 10.9. The molecule has 2 unspecified atom stereocenters. The lowest BCUT2D eigenvalue weighted by molar-refractivity contribution is -0.140. The average Bonchev–Trinajstić information content (AvgIpc) is 4.08. The summed E-state index contributed by atoms with van der Waals surface area (Å²) in [7, 11) is 3.38. The molecule has 4 aromatic rings. The van der Waals surface area contributed by atoms with E-state index in [0.717, 1.165) is 64.2 Å². The number of likely N-dealkylation sites (N-methyl/N-ethyl adjacent to an activating group) is 2. The first-order chi connectivity index (χ1) is 31.7. The predicted molar refractivity (Wildman–Crippen MR) is 245 cm³/mol. The van der Waals surface area contributed by atoms with E-state index in [1.807, 2.05) is 9.13 Å². The second-order valence-corrected chi connectivity index (χ2v) is 19.2. The van der Waals surface area contributed by atoms with Crippen LogP contribution in [0, 0.1) is 23.5 Å². The van der Waals surface area contributed by atoms with Crippen molar-refractivity contribution < 1.29 is 38.2 Å². The van der Waals surface area contributed by atoms with Gasteiger partial charge in [-0.3, -0.25) is 19.2 Å². The van der Waals surface area contributed by atoms with Crippen molar-refractivity contribution in [2.45, 2.75) is 152 Å². The molecule has 6 N–H and O–H groups in total. The number of aromatic nitrogens is 4. The zero-order valence-electron chi connectivity index (χ0n) is 38.5. The average molecular weight is 917 g/mol. The number of imidazole rings is 2. The number of likely N-dealkylation sites (tertiary alicyclic amines) is 2. The Hall–Kier alpha value is -5.04. The highest BCUT2D eigenvalue weighted by atomic mass is 19.1. The van der Waals surface area contributed by atoms with Crippen LogP contribution in [0.1, 0.15) is 90.9 Å². The summed E-state index contributed by atoms with van der Waals surface area (Å²) >= 11 is 0. The molecule has 2 saturated carbocycles. The lowest BCUT2D eigenvalue weighted by Crippen LogP contribution is -2.57. The topological polar surface area (TPSA) is 199 Å². The van der Waals surface area contributed by atoms with Crippen LogP contribution in [-0.2, 0) is 32.3 Å². The molecule has 2 aromatic heterocycles. The Balaban J connectivity index is 1.17. The molecule has 18 heteroatoms. The van der Waals surface area contributed by atoms with Crippen LogP contribution in [-0.4, -0.2) is 138 Å². The lowest BCUT2D eigenvalue weighted by atomic mass is 9.83. The molecule has 2 aliphatic heterocycles. The van der Waals surface area contributed by atoms with Crippen LogP contribution >= 0.6 is 0 Å². The van der Waals surface area contributed by atoms with Gasteiger partial charge in [0.05, 0.1) is 58.4 Å². The Labute approximate surface area is 384 Å². The van der Waals surface area contributed by atoms with Crippen LogP contribution < -0.4 is 21.3 Å². The van der Waals surface area contributed by atoms with Gasteiger partial charge in [-0.15, -0.1) is 0 Å². The molecule has 8 rings (SSSR count). The van der Waals surface area contributed by atoms with Gasteiger partial charge in [0.15, 0.2) is 11.6 Å².